The van der Waals surface area contributed by atoms with Crippen molar-refractivity contribution < 1.29 is 10.2 Å². The Morgan fingerprint density at radius 1 is 1.30 bits per heavy atom. The maximum absolute atomic E-state index is 9.35. The Bertz CT molecular complexity index is 602. The van der Waals surface area contributed by atoms with Gasteiger partial charge >= 0.3 is 0 Å². The quantitative estimate of drug-likeness (QED) is 0.879. The van der Waals surface area contributed by atoms with Crippen LogP contribution in [0.1, 0.15) is 6.92 Å². The van der Waals surface area contributed by atoms with E-state index in [1.165, 1.54) is 0 Å². The summed E-state index contributed by atoms with van der Waals surface area (Å²) in [5.41, 5.74) is 0.0483. The highest BCUT2D eigenvalue weighted by molar-refractivity contribution is 6.31. The van der Waals surface area contributed by atoms with E-state index in [2.05, 4.69) is 9.97 Å². The number of hydrogen-bond acceptors (Lipinski definition) is 5. The fourth-order valence-corrected chi connectivity index (χ4v) is 2.16. The van der Waals surface area contributed by atoms with Crippen molar-refractivity contribution in [1.29, 1.82) is 0 Å². The average Bonchev–Trinajstić information content (AvgIpc) is 2.46. The molecule has 0 radical (unpaired) electrons. The molecule has 0 amide bonds. The first kappa shape index (κ1) is 15.0. The summed E-state index contributed by atoms with van der Waals surface area (Å²) in [5, 5.41) is 20.2. The lowest BCUT2D eigenvalue weighted by atomic mass is 9.92. The molecule has 0 aliphatic carbocycles. The minimum atomic E-state index is -0.571. The van der Waals surface area contributed by atoms with E-state index < -0.39 is 5.41 Å². The van der Waals surface area contributed by atoms with Crippen molar-refractivity contribution in [3.8, 4) is 0 Å². The number of rotatable bonds is 5. The van der Waals surface area contributed by atoms with E-state index in [1.54, 1.807) is 6.20 Å². The molecule has 0 aliphatic rings. The van der Waals surface area contributed by atoms with E-state index in [9.17, 15) is 10.2 Å². The van der Waals surface area contributed by atoms with Gasteiger partial charge in [0.05, 0.1) is 18.2 Å². The van der Waals surface area contributed by atoms with Gasteiger partial charge in [0, 0.05) is 30.6 Å². The second-order valence-electron chi connectivity index (χ2n) is 5.35. The number of aliphatic hydroxyl groups excluding tert-OH is 2. The van der Waals surface area contributed by atoms with Crippen molar-refractivity contribution in [2.45, 2.75) is 6.92 Å². The maximum atomic E-state index is 9.35. The second kappa shape index (κ2) is 5.91. The molecule has 108 valence electrons. The standard InChI is InChI=1S/C14H18ClN3O2/c1-14(8-19,9-20)7-18(2)12-4-3-10-5-11(15)6-16-13(10)17-12/h3-6,19-20H,7-9H2,1-2H3. The molecule has 6 heteroatoms. The molecule has 2 heterocycles. The molecule has 2 N–H and O–H groups in total. The van der Waals surface area contributed by atoms with Gasteiger partial charge in [-0.2, -0.15) is 0 Å². The molecular weight excluding hydrogens is 278 g/mol. The van der Waals surface area contributed by atoms with E-state index in [0.29, 0.717) is 17.2 Å². The Balaban J connectivity index is 2.26. The second-order valence-corrected chi connectivity index (χ2v) is 5.79. The van der Waals surface area contributed by atoms with E-state index in [0.717, 1.165) is 11.2 Å². The highest BCUT2D eigenvalue weighted by Gasteiger charge is 2.25. The third kappa shape index (κ3) is 3.17. The SMILES string of the molecule is CN(CC(C)(CO)CO)c1ccc2cc(Cl)cnc2n1. The van der Waals surface area contributed by atoms with Crippen LogP contribution < -0.4 is 4.90 Å². The van der Waals surface area contributed by atoms with Gasteiger partial charge in [-0.05, 0) is 18.2 Å². The lowest BCUT2D eigenvalue weighted by Crippen LogP contribution is -2.39. The molecule has 0 aromatic carbocycles. The van der Waals surface area contributed by atoms with Gasteiger partial charge < -0.3 is 15.1 Å². The molecule has 5 nitrogen and oxygen atoms in total. The predicted octanol–water partition coefficient (Wildman–Crippen LogP) is 1.71. The summed E-state index contributed by atoms with van der Waals surface area (Å²) < 4.78 is 0. The zero-order chi connectivity index (χ0) is 14.8. The summed E-state index contributed by atoms with van der Waals surface area (Å²) in [6.45, 7) is 2.14. The van der Waals surface area contributed by atoms with E-state index >= 15 is 0 Å². The molecule has 0 fully saturated rings. The molecule has 0 aliphatic heterocycles. The van der Waals surface area contributed by atoms with Crippen molar-refractivity contribution in [2.75, 3.05) is 31.7 Å². The summed E-state index contributed by atoms with van der Waals surface area (Å²) in [6, 6.07) is 5.59. The highest BCUT2D eigenvalue weighted by atomic mass is 35.5. The molecule has 0 saturated carbocycles. The van der Waals surface area contributed by atoms with Gasteiger partial charge in [-0.25, -0.2) is 9.97 Å². The van der Waals surface area contributed by atoms with Crippen LogP contribution in [0.5, 0.6) is 0 Å². The van der Waals surface area contributed by atoms with Crippen molar-refractivity contribution in [1.82, 2.24) is 9.97 Å². The number of nitrogens with zero attached hydrogens (tertiary/aromatic N) is 3. The molecular formula is C14H18ClN3O2. The summed E-state index contributed by atoms with van der Waals surface area (Å²) >= 11 is 5.89. The van der Waals surface area contributed by atoms with Crippen LogP contribution in [0.3, 0.4) is 0 Å². The number of aliphatic hydroxyl groups is 2. The Morgan fingerprint density at radius 2 is 2.00 bits per heavy atom. The van der Waals surface area contributed by atoms with Gasteiger partial charge in [-0.15, -0.1) is 0 Å². The number of pyridine rings is 2. The summed E-state index contributed by atoms with van der Waals surface area (Å²) in [7, 11) is 1.87. The summed E-state index contributed by atoms with van der Waals surface area (Å²) in [5.74, 6) is 0.737. The van der Waals surface area contributed by atoms with Crippen molar-refractivity contribution in [2.24, 2.45) is 5.41 Å². The lowest BCUT2D eigenvalue weighted by Gasteiger charge is -2.31. The van der Waals surface area contributed by atoms with Crippen LogP contribution in [-0.2, 0) is 0 Å². The van der Waals surface area contributed by atoms with Crippen molar-refractivity contribution in [3.63, 3.8) is 0 Å². The number of anilines is 1. The van der Waals surface area contributed by atoms with Crippen LogP contribution in [0.25, 0.3) is 11.0 Å². The zero-order valence-electron chi connectivity index (χ0n) is 11.5. The number of fused-ring (bicyclic) bond motifs is 1. The topological polar surface area (TPSA) is 69.5 Å². The molecule has 0 bridgehead atoms. The average molecular weight is 296 g/mol. The Kier molecular flexibility index (Phi) is 4.42. The fraction of sp³-hybridized carbons (Fsp3) is 0.429. The van der Waals surface area contributed by atoms with Crippen LogP contribution >= 0.6 is 11.6 Å². The zero-order valence-corrected chi connectivity index (χ0v) is 12.3. The molecule has 20 heavy (non-hydrogen) atoms. The first-order chi connectivity index (χ1) is 9.47. The van der Waals surface area contributed by atoms with E-state index in [1.807, 2.05) is 37.1 Å². The maximum Gasteiger partial charge on any atom is 0.161 e. The minimum absolute atomic E-state index is 0.0880. The Labute approximate surface area is 122 Å². The van der Waals surface area contributed by atoms with Crippen molar-refractivity contribution >= 4 is 28.5 Å². The third-order valence-corrected chi connectivity index (χ3v) is 3.47. The number of hydrogen-bond donors (Lipinski definition) is 2. The monoisotopic (exact) mass is 295 g/mol. The first-order valence-electron chi connectivity index (χ1n) is 6.32. The fourth-order valence-electron chi connectivity index (χ4n) is 1.99. The van der Waals surface area contributed by atoms with E-state index in [-0.39, 0.29) is 13.2 Å². The molecule has 0 saturated heterocycles. The van der Waals surface area contributed by atoms with Crippen LogP contribution in [0, 0.1) is 5.41 Å². The van der Waals surface area contributed by atoms with E-state index in [4.69, 9.17) is 11.6 Å². The molecule has 2 rings (SSSR count). The lowest BCUT2D eigenvalue weighted by molar-refractivity contribution is 0.0762. The number of aromatic nitrogens is 2. The molecule has 2 aromatic rings. The van der Waals surface area contributed by atoms with Crippen LogP contribution in [0.15, 0.2) is 24.4 Å². The largest absolute Gasteiger partial charge is 0.396 e. The summed E-state index contributed by atoms with van der Waals surface area (Å²) in [4.78, 5) is 10.5. The van der Waals surface area contributed by atoms with Crippen LogP contribution in [0.4, 0.5) is 5.82 Å². The van der Waals surface area contributed by atoms with Gasteiger partial charge in [0.25, 0.3) is 0 Å². The first-order valence-corrected chi connectivity index (χ1v) is 6.70. The highest BCUT2D eigenvalue weighted by Crippen LogP contribution is 2.22. The van der Waals surface area contributed by atoms with Crippen LogP contribution in [-0.4, -0.2) is 47.0 Å². The van der Waals surface area contributed by atoms with Gasteiger partial charge in [0.2, 0.25) is 0 Å². The predicted molar refractivity (Wildman–Crippen MR) is 80.1 cm³/mol. The van der Waals surface area contributed by atoms with Gasteiger partial charge in [0.15, 0.2) is 5.65 Å². The molecule has 0 spiro atoms. The third-order valence-electron chi connectivity index (χ3n) is 3.27. The number of halogens is 1. The summed E-state index contributed by atoms with van der Waals surface area (Å²) in [6.07, 6.45) is 1.56. The van der Waals surface area contributed by atoms with Crippen LogP contribution in [0.2, 0.25) is 5.02 Å². The molecule has 0 atom stereocenters. The Hall–Kier alpha value is -1.43. The van der Waals surface area contributed by atoms with Gasteiger partial charge in [0.1, 0.15) is 5.82 Å². The van der Waals surface area contributed by atoms with Gasteiger partial charge in [-0.1, -0.05) is 18.5 Å². The van der Waals surface area contributed by atoms with Gasteiger partial charge in [-0.3, -0.25) is 0 Å². The van der Waals surface area contributed by atoms with Crippen molar-refractivity contribution in [3.05, 3.63) is 29.4 Å². The molecule has 2 aromatic heterocycles. The minimum Gasteiger partial charge on any atom is -0.396 e. The molecule has 0 unspecified atom stereocenters. The Morgan fingerprint density at radius 3 is 2.65 bits per heavy atom. The smallest absolute Gasteiger partial charge is 0.161 e. The normalized spacial score (nSPS) is 11.8.